The molecule has 0 radical (unpaired) electrons. The van der Waals surface area contributed by atoms with Gasteiger partial charge in [0, 0.05) is 23.9 Å². The van der Waals surface area contributed by atoms with E-state index in [0.717, 1.165) is 11.1 Å². The van der Waals surface area contributed by atoms with Crippen LogP contribution in [0.1, 0.15) is 58.6 Å². The smallest absolute Gasteiger partial charge is 0.137 e. The van der Waals surface area contributed by atoms with Crippen LogP contribution in [0.3, 0.4) is 0 Å². The van der Waals surface area contributed by atoms with Gasteiger partial charge in [-0.05, 0) is 45.7 Å². The highest BCUT2D eigenvalue weighted by Crippen LogP contribution is 2.43. The average Bonchev–Trinajstić information content (AvgIpc) is 2.58. The fourth-order valence-electron chi connectivity index (χ4n) is 4.20. The van der Waals surface area contributed by atoms with Gasteiger partial charge in [0.2, 0.25) is 0 Å². The highest BCUT2D eigenvalue weighted by atomic mass is 16.7. The minimum atomic E-state index is -0.641. The minimum absolute atomic E-state index is 0.293. The first-order chi connectivity index (χ1) is 12.2. The summed E-state index contributed by atoms with van der Waals surface area (Å²) in [5.74, 6) is 0.293. The predicted octanol–water partition coefficient (Wildman–Crippen LogP) is 5.10. The fourth-order valence-corrected chi connectivity index (χ4v) is 4.20. The molecule has 3 heteroatoms. The number of carbonyl (C=O) groups excluding carboxylic acids is 1. The van der Waals surface area contributed by atoms with Crippen LogP contribution in [-0.2, 0) is 15.2 Å². The van der Waals surface area contributed by atoms with Crippen LogP contribution in [0.5, 0.6) is 0 Å². The summed E-state index contributed by atoms with van der Waals surface area (Å²) in [5, 5.41) is 2.06. The lowest BCUT2D eigenvalue weighted by molar-refractivity contribution is -0.321. The van der Waals surface area contributed by atoms with Crippen molar-refractivity contribution in [3.05, 3.63) is 71.8 Å². The van der Waals surface area contributed by atoms with Crippen LogP contribution in [0.25, 0.3) is 0 Å². The van der Waals surface area contributed by atoms with E-state index in [1.54, 1.807) is 0 Å². The molecule has 1 fully saturated rings. The Hall–Kier alpha value is -1.97. The largest absolute Gasteiger partial charge is 0.300 e. The Labute approximate surface area is 156 Å². The highest BCUT2D eigenvalue weighted by Gasteiger charge is 2.49. The van der Waals surface area contributed by atoms with Crippen molar-refractivity contribution in [2.45, 2.75) is 64.1 Å². The maximum atomic E-state index is 12.3. The molecule has 0 aliphatic carbocycles. The van der Waals surface area contributed by atoms with Gasteiger partial charge in [-0.2, -0.15) is 5.06 Å². The van der Waals surface area contributed by atoms with Crippen molar-refractivity contribution in [2.24, 2.45) is 0 Å². The molecule has 0 N–H and O–H groups in total. The Morgan fingerprint density at radius 1 is 0.808 bits per heavy atom. The number of piperidine rings is 1. The van der Waals surface area contributed by atoms with Gasteiger partial charge in [0.15, 0.2) is 0 Å². The Bertz CT molecular complexity index is 706. The Balaban J connectivity index is 2.08. The lowest BCUT2D eigenvalue weighted by atomic mass is 9.81. The van der Waals surface area contributed by atoms with Gasteiger partial charge in [0.25, 0.3) is 0 Å². The standard InChI is InChI=1S/C23H29NO2/c1-21(2)16-20(25)17-22(3,4)24(21)26-23(5,18-12-8-6-9-13-18)19-14-10-7-11-15-19/h6-15H,16-17H2,1-5H3. The number of Topliss-reactive ketones (excluding diaryl/α,β-unsaturated/α-hetero) is 1. The van der Waals surface area contributed by atoms with Gasteiger partial charge < -0.3 is 0 Å². The SMILES string of the molecule is CC(ON1C(C)(C)CC(=O)CC1(C)C)(c1ccccc1)c1ccccc1. The van der Waals surface area contributed by atoms with E-state index in [2.05, 4.69) is 63.9 Å². The van der Waals surface area contributed by atoms with E-state index in [4.69, 9.17) is 4.84 Å². The summed E-state index contributed by atoms with van der Waals surface area (Å²) in [6.07, 6.45) is 0.992. The fraction of sp³-hybridized carbons (Fsp3) is 0.435. The number of hydrogen-bond acceptors (Lipinski definition) is 3. The molecule has 0 unspecified atom stereocenters. The summed E-state index contributed by atoms with van der Waals surface area (Å²) in [7, 11) is 0. The lowest BCUT2D eigenvalue weighted by Gasteiger charge is -2.53. The summed E-state index contributed by atoms with van der Waals surface area (Å²) < 4.78 is 0. The molecular formula is C23H29NO2. The van der Waals surface area contributed by atoms with Crippen LogP contribution < -0.4 is 0 Å². The summed E-state index contributed by atoms with van der Waals surface area (Å²) in [5.41, 5.74) is 0.800. The van der Waals surface area contributed by atoms with E-state index in [-0.39, 0.29) is 11.1 Å². The third kappa shape index (κ3) is 3.46. The van der Waals surface area contributed by atoms with E-state index in [1.165, 1.54) is 0 Å². The summed E-state index contributed by atoms with van der Waals surface area (Å²) >= 11 is 0. The molecule has 3 nitrogen and oxygen atoms in total. The van der Waals surface area contributed by atoms with Crippen molar-refractivity contribution in [1.82, 2.24) is 5.06 Å². The van der Waals surface area contributed by atoms with Crippen LogP contribution >= 0.6 is 0 Å². The molecule has 1 heterocycles. The zero-order valence-corrected chi connectivity index (χ0v) is 16.5. The van der Waals surface area contributed by atoms with E-state index in [0.29, 0.717) is 18.6 Å². The van der Waals surface area contributed by atoms with E-state index in [1.807, 2.05) is 36.4 Å². The van der Waals surface area contributed by atoms with Crippen molar-refractivity contribution in [1.29, 1.82) is 0 Å². The van der Waals surface area contributed by atoms with Gasteiger partial charge in [-0.3, -0.25) is 9.63 Å². The summed E-state index contributed by atoms with van der Waals surface area (Å²) in [4.78, 5) is 19.1. The monoisotopic (exact) mass is 351 g/mol. The van der Waals surface area contributed by atoms with Crippen molar-refractivity contribution in [3.63, 3.8) is 0 Å². The van der Waals surface area contributed by atoms with Gasteiger partial charge in [-0.25, -0.2) is 0 Å². The van der Waals surface area contributed by atoms with Gasteiger partial charge in [-0.15, -0.1) is 0 Å². The molecule has 1 aliphatic heterocycles. The number of hydrogen-bond donors (Lipinski definition) is 0. The molecule has 1 aliphatic rings. The highest BCUT2D eigenvalue weighted by molar-refractivity contribution is 5.81. The second-order valence-electron chi connectivity index (χ2n) is 8.67. The maximum Gasteiger partial charge on any atom is 0.137 e. The molecule has 2 aromatic rings. The first kappa shape index (κ1) is 18.8. The van der Waals surface area contributed by atoms with Crippen LogP contribution in [0.15, 0.2) is 60.7 Å². The van der Waals surface area contributed by atoms with Gasteiger partial charge in [-0.1, -0.05) is 60.7 Å². The molecule has 0 saturated carbocycles. The first-order valence-electron chi connectivity index (χ1n) is 9.27. The number of nitrogens with zero attached hydrogens (tertiary/aromatic N) is 1. The van der Waals surface area contributed by atoms with Crippen LogP contribution in [0.4, 0.5) is 0 Å². The van der Waals surface area contributed by atoms with Crippen LogP contribution in [0, 0.1) is 0 Å². The molecule has 0 bridgehead atoms. The van der Waals surface area contributed by atoms with Crippen LogP contribution in [0.2, 0.25) is 0 Å². The molecule has 138 valence electrons. The van der Waals surface area contributed by atoms with Gasteiger partial charge >= 0.3 is 0 Å². The normalized spacial score (nSPS) is 20.1. The zero-order chi connectivity index (χ0) is 19.0. The number of carbonyl (C=O) groups is 1. The quantitative estimate of drug-likeness (QED) is 0.767. The Morgan fingerprint density at radius 3 is 1.58 bits per heavy atom. The number of ketones is 1. The minimum Gasteiger partial charge on any atom is -0.300 e. The lowest BCUT2D eigenvalue weighted by Crippen LogP contribution is -2.62. The van der Waals surface area contributed by atoms with Crippen molar-refractivity contribution in [3.8, 4) is 0 Å². The second kappa shape index (κ2) is 6.64. The molecule has 1 saturated heterocycles. The third-order valence-corrected chi connectivity index (χ3v) is 5.28. The third-order valence-electron chi connectivity index (χ3n) is 5.28. The molecule has 0 amide bonds. The van der Waals surface area contributed by atoms with E-state index in [9.17, 15) is 4.79 Å². The Kier molecular flexibility index (Phi) is 4.80. The van der Waals surface area contributed by atoms with Gasteiger partial charge in [0.1, 0.15) is 11.4 Å². The van der Waals surface area contributed by atoms with E-state index < -0.39 is 5.60 Å². The van der Waals surface area contributed by atoms with Crippen molar-refractivity contribution >= 4 is 5.78 Å². The summed E-state index contributed by atoms with van der Waals surface area (Å²) in [6.45, 7) is 10.5. The topological polar surface area (TPSA) is 29.5 Å². The molecular weight excluding hydrogens is 322 g/mol. The van der Waals surface area contributed by atoms with E-state index >= 15 is 0 Å². The first-order valence-corrected chi connectivity index (χ1v) is 9.27. The second-order valence-corrected chi connectivity index (χ2v) is 8.67. The molecule has 3 rings (SSSR count). The maximum absolute atomic E-state index is 12.3. The Morgan fingerprint density at radius 2 is 1.19 bits per heavy atom. The van der Waals surface area contributed by atoms with Crippen molar-refractivity contribution in [2.75, 3.05) is 0 Å². The molecule has 0 spiro atoms. The predicted molar refractivity (Wildman–Crippen MR) is 105 cm³/mol. The molecule has 2 aromatic carbocycles. The summed E-state index contributed by atoms with van der Waals surface area (Å²) in [6, 6.07) is 20.6. The number of hydroxylamine groups is 2. The van der Waals surface area contributed by atoms with Gasteiger partial charge in [0.05, 0.1) is 0 Å². The van der Waals surface area contributed by atoms with Crippen LogP contribution in [-0.4, -0.2) is 21.9 Å². The molecule has 0 aromatic heterocycles. The zero-order valence-electron chi connectivity index (χ0n) is 16.5. The van der Waals surface area contributed by atoms with Crippen molar-refractivity contribution < 1.29 is 9.63 Å². The molecule has 0 atom stereocenters. The number of rotatable bonds is 4. The number of benzene rings is 2. The molecule has 26 heavy (non-hydrogen) atoms. The average molecular weight is 351 g/mol.